The van der Waals surface area contributed by atoms with Crippen molar-refractivity contribution >= 4 is 25.7 Å². The van der Waals surface area contributed by atoms with Gasteiger partial charge in [0.1, 0.15) is 5.75 Å². The number of rotatable bonds is 5. The molecule has 0 aliphatic rings. The third-order valence-corrected chi connectivity index (χ3v) is 6.93. The predicted octanol–water partition coefficient (Wildman–Crippen LogP) is 3.71. The van der Waals surface area contributed by atoms with Crippen LogP contribution in [0.5, 0.6) is 5.75 Å². The smallest absolute Gasteiger partial charge is 0.299 e. The third-order valence-electron chi connectivity index (χ3n) is 4.46. The summed E-state index contributed by atoms with van der Waals surface area (Å²) in [6.07, 6.45) is 0.878. The van der Waals surface area contributed by atoms with Crippen LogP contribution in [0.15, 0.2) is 78.9 Å². The summed E-state index contributed by atoms with van der Waals surface area (Å²) >= 11 is 0. The lowest BCUT2D eigenvalue weighted by molar-refractivity contribution is 0.112. The van der Waals surface area contributed by atoms with Gasteiger partial charge < -0.3 is 4.43 Å². The molecule has 0 saturated heterocycles. The molecule has 0 aliphatic carbocycles. The minimum Gasteiger partial charge on any atom is -0.537 e. The van der Waals surface area contributed by atoms with Gasteiger partial charge in [-0.05, 0) is 33.5 Å². The standard InChI is InChI=1S/C23H24O2Si/c1-23(2,3)19-15-14-18(17-24)22(16-19)25-26(20-10-6-4-7-11-20)21-12-8-5-9-13-21/h4-17,26H,1-3H3. The Hall–Kier alpha value is -2.65. The van der Waals surface area contributed by atoms with Crippen molar-refractivity contribution in [2.24, 2.45) is 0 Å². The molecule has 0 saturated carbocycles. The lowest BCUT2D eigenvalue weighted by atomic mass is 9.86. The van der Waals surface area contributed by atoms with E-state index < -0.39 is 9.04 Å². The Bertz CT molecular complexity index is 828. The molecular weight excluding hydrogens is 336 g/mol. The number of hydrogen-bond acceptors (Lipinski definition) is 2. The molecule has 2 nitrogen and oxygen atoms in total. The van der Waals surface area contributed by atoms with Crippen molar-refractivity contribution in [1.29, 1.82) is 0 Å². The molecule has 0 N–H and O–H groups in total. The van der Waals surface area contributed by atoms with Crippen LogP contribution in [0, 0.1) is 0 Å². The van der Waals surface area contributed by atoms with Crippen LogP contribution in [0.2, 0.25) is 0 Å². The van der Waals surface area contributed by atoms with E-state index in [0.29, 0.717) is 11.3 Å². The number of hydrogen-bond donors (Lipinski definition) is 0. The van der Waals surface area contributed by atoms with Gasteiger partial charge in [0.05, 0.1) is 5.56 Å². The van der Waals surface area contributed by atoms with Crippen LogP contribution >= 0.6 is 0 Å². The van der Waals surface area contributed by atoms with E-state index in [-0.39, 0.29) is 5.41 Å². The fraction of sp³-hybridized carbons (Fsp3) is 0.174. The van der Waals surface area contributed by atoms with E-state index in [1.807, 2.05) is 54.6 Å². The van der Waals surface area contributed by atoms with Crippen molar-refractivity contribution in [3.05, 3.63) is 90.0 Å². The summed E-state index contributed by atoms with van der Waals surface area (Å²) in [5.41, 5.74) is 1.75. The van der Waals surface area contributed by atoms with Crippen molar-refractivity contribution in [2.75, 3.05) is 0 Å². The summed E-state index contributed by atoms with van der Waals surface area (Å²) < 4.78 is 6.55. The Morgan fingerprint density at radius 1 is 0.808 bits per heavy atom. The molecule has 26 heavy (non-hydrogen) atoms. The molecule has 0 amide bonds. The van der Waals surface area contributed by atoms with Crippen molar-refractivity contribution in [3.8, 4) is 5.75 Å². The Morgan fingerprint density at radius 3 is 1.81 bits per heavy atom. The van der Waals surface area contributed by atoms with Crippen molar-refractivity contribution in [2.45, 2.75) is 26.2 Å². The number of aldehydes is 1. The Balaban J connectivity index is 2.06. The van der Waals surface area contributed by atoms with Gasteiger partial charge in [-0.15, -0.1) is 0 Å². The van der Waals surface area contributed by atoms with Crippen molar-refractivity contribution < 1.29 is 9.22 Å². The Kier molecular flexibility index (Phi) is 5.38. The molecule has 3 heteroatoms. The molecule has 0 spiro atoms. The molecule has 0 aliphatic heterocycles. The summed E-state index contributed by atoms with van der Waals surface area (Å²) in [5, 5.41) is 2.38. The van der Waals surface area contributed by atoms with E-state index >= 15 is 0 Å². The third kappa shape index (κ3) is 4.11. The van der Waals surface area contributed by atoms with Gasteiger partial charge in [0, 0.05) is 0 Å². The zero-order chi connectivity index (χ0) is 18.6. The molecule has 0 radical (unpaired) electrons. The monoisotopic (exact) mass is 360 g/mol. The van der Waals surface area contributed by atoms with Gasteiger partial charge in [-0.25, -0.2) is 0 Å². The minimum absolute atomic E-state index is 0.00390. The van der Waals surface area contributed by atoms with Crippen molar-refractivity contribution in [3.63, 3.8) is 0 Å². The average molecular weight is 361 g/mol. The Morgan fingerprint density at radius 2 is 1.35 bits per heavy atom. The predicted molar refractivity (Wildman–Crippen MR) is 110 cm³/mol. The lowest BCUT2D eigenvalue weighted by Crippen LogP contribution is -2.47. The fourth-order valence-corrected chi connectivity index (χ4v) is 5.17. The topological polar surface area (TPSA) is 26.3 Å². The molecule has 0 heterocycles. The minimum atomic E-state index is -1.95. The van der Waals surface area contributed by atoms with Gasteiger partial charge in [-0.3, -0.25) is 4.79 Å². The molecule has 0 unspecified atom stereocenters. The molecule has 132 valence electrons. The van der Waals surface area contributed by atoms with Crippen LogP contribution in [-0.4, -0.2) is 15.3 Å². The zero-order valence-corrected chi connectivity index (χ0v) is 16.6. The maximum absolute atomic E-state index is 11.6. The normalized spacial score (nSPS) is 11.4. The maximum Gasteiger partial charge on any atom is 0.299 e. The highest BCUT2D eigenvalue weighted by Crippen LogP contribution is 2.28. The SMILES string of the molecule is CC(C)(C)c1ccc(C=O)c(O[SiH](c2ccccc2)c2ccccc2)c1. The van der Waals surface area contributed by atoms with Crippen LogP contribution in [0.4, 0.5) is 0 Å². The van der Waals surface area contributed by atoms with Gasteiger partial charge in [0.2, 0.25) is 0 Å². The first-order chi connectivity index (χ1) is 12.5. The quantitative estimate of drug-likeness (QED) is 0.512. The molecule has 3 aromatic rings. The molecule has 0 aromatic heterocycles. The highest BCUT2D eigenvalue weighted by atomic mass is 28.3. The van der Waals surface area contributed by atoms with Crippen LogP contribution in [0.25, 0.3) is 0 Å². The molecule has 3 rings (SSSR count). The maximum atomic E-state index is 11.6. The van der Waals surface area contributed by atoms with Gasteiger partial charge in [0.15, 0.2) is 6.29 Å². The second kappa shape index (κ2) is 7.71. The Labute approximate surface area is 157 Å². The first-order valence-electron chi connectivity index (χ1n) is 8.85. The van der Waals surface area contributed by atoms with E-state index in [1.54, 1.807) is 0 Å². The molecular formula is C23H24O2Si. The van der Waals surface area contributed by atoms with E-state index in [0.717, 1.165) is 11.8 Å². The summed E-state index contributed by atoms with van der Waals surface area (Å²) in [6, 6.07) is 26.5. The summed E-state index contributed by atoms with van der Waals surface area (Å²) in [6.45, 7) is 6.49. The van der Waals surface area contributed by atoms with E-state index in [9.17, 15) is 4.79 Å². The van der Waals surface area contributed by atoms with Crippen LogP contribution in [0.1, 0.15) is 36.7 Å². The lowest BCUT2D eigenvalue weighted by Gasteiger charge is -2.23. The van der Waals surface area contributed by atoms with Gasteiger partial charge in [-0.1, -0.05) is 87.5 Å². The summed E-state index contributed by atoms with van der Waals surface area (Å²) in [7, 11) is -1.95. The van der Waals surface area contributed by atoms with Crippen LogP contribution in [0.3, 0.4) is 0 Å². The highest BCUT2D eigenvalue weighted by Gasteiger charge is 2.22. The highest BCUT2D eigenvalue weighted by molar-refractivity contribution is 6.80. The molecule has 0 bridgehead atoms. The first-order valence-corrected chi connectivity index (χ1v) is 10.5. The fourth-order valence-electron chi connectivity index (χ4n) is 2.91. The summed E-state index contributed by atoms with van der Waals surface area (Å²) in [4.78, 5) is 11.6. The average Bonchev–Trinajstić information content (AvgIpc) is 2.66. The zero-order valence-electron chi connectivity index (χ0n) is 15.5. The van der Waals surface area contributed by atoms with Gasteiger partial charge in [-0.2, -0.15) is 0 Å². The number of carbonyl (C=O) groups is 1. The number of carbonyl (C=O) groups excluding carboxylic acids is 1. The van der Waals surface area contributed by atoms with Crippen LogP contribution in [-0.2, 0) is 5.41 Å². The van der Waals surface area contributed by atoms with Crippen LogP contribution < -0.4 is 14.8 Å². The first kappa shape index (κ1) is 18.1. The van der Waals surface area contributed by atoms with E-state index in [1.165, 1.54) is 10.4 Å². The molecule has 0 atom stereocenters. The van der Waals surface area contributed by atoms with E-state index in [4.69, 9.17) is 4.43 Å². The van der Waals surface area contributed by atoms with Gasteiger partial charge in [0.25, 0.3) is 9.04 Å². The summed E-state index contributed by atoms with van der Waals surface area (Å²) in [5.74, 6) is 0.678. The van der Waals surface area contributed by atoms with E-state index in [2.05, 4.69) is 45.0 Å². The largest absolute Gasteiger partial charge is 0.537 e. The second-order valence-electron chi connectivity index (χ2n) is 7.44. The number of benzene rings is 3. The molecule has 0 fully saturated rings. The second-order valence-corrected chi connectivity index (χ2v) is 9.77. The van der Waals surface area contributed by atoms with Gasteiger partial charge >= 0.3 is 0 Å². The molecule has 3 aromatic carbocycles. The van der Waals surface area contributed by atoms with Crippen molar-refractivity contribution in [1.82, 2.24) is 0 Å².